The lowest BCUT2D eigenvalue weighted by atomic mass is 9.86. The van der Waals surface area contributed by atoms with Crippen LogP contribution in [0.2, 0.25) is 0 Å². The molecule has 1 aliphatic rings. The van der Waals surface area contributed by atoms with Gasteiger partial charge < -0.3 is 10.4 Å². The summed E-state index contributed by atoms with van der Waals surface area (Å²) in [6.45, 7) is 0. The lowest BCUT2D eigenvalue weighted by molar-refractivity contribution is 0.0858. The highest BCUT2D eigenvalue weighted by Gasteiger charge is 2.30. The van der Waals surface area contributed by atoms with Crippen molar-refractivity contribution in [3.05, 3.63) is 95.5 Å². The summed E-state index contributed by atoms with van der Waals surface area (Å²) in [4.78, 5) is 12.1. The van der Waals surface area contributed by atoms with Gasteiger partial charge in [-0.15, -0.1) is 0 Å². The minimum absolute atomic E-state index is 0.189. The summed E-state index contributed by atoms with van der Waals surface area (Å²) in [6.07, 6.45) is 4.98. The Morgan fingerprint density at radius 2 is 1.78 bits per heavy atom. The van der Waals surface area contributed by atoms with Crippen molar-refractivity contribution in [2.75, 3.05) is 0 Å². The summed E-state index contributed by atoms with van der Waals surface area (Å²) in [7, 11) is 0. The van der Waals surface area contributed by atoms with Gasteiger partial charge in [0.15, 0.2) is 0 Å². The molecule has 0 fully saturated rings. The van der Waals surface area contributed by atoms with Gasteiger partial charge in [-0.05, 0) is 30.4 Å². The van der Waals surface area contributed by atoms with E-state index in [1.165, 1.54) is 12.1 Å². The molecule has 0 saturated carbocycles. The van der Waals surface area contributed by atoms with Crippen molar-refractivity contribution >= 4 is 5.91 Å². The molecule has 3 nitrogen and oxygen atoms in total. The number of aliphatic hydroxyl groups is 1. The zero-order valence-electron chi connectivity index (χ0n) is 12.4. The average molecular weight is 309 g/mol. The van der Waals surface area contributed by atoms with E-state index >= 15 is 0 Å². The van der Waals surface area contributed by atoms with Crippen molar-refractivity contribution < 1.29 is 14.3 Å². The Labute approximate surface area is 133 Å². The zero-order valence-corrected chi connectivity index (χ0v) is 12.4. The summed E-state index contributed by atoms with van der Waals surface area (Å²) >= 11 is 0. The van der Waals surface area contributed by atoms with Crippen LogP contribution < -0.4 is 5.32 Å². The maximum atomic E-state index is 13.9. The predicted octanol–water partition coefficient (Wildman–Crippen LogP) is 3.29. The quantitative estimate of drug-likeness (QED) is 0.914. The van der Waals surface area contributed by atoms with Crippen LogP contribution in [-0.2, 0) is 5.60 Å². The van der Waals surface area contributed by atoms with Crippen LogP contribution in [0, 0.1) is 5.82 Å². The first-order valence-electron chi connectivity index (χ1n) is 7.32. The van der Waals surface area contributed by atoms with E-state index in [-0.39, 0.29) is 17.9 Å². The lowest BCUT2D eigenvalue weighted by Crippen LogP contribution is -2.29. The van der Waals surface area contributed by atoms with E-state index in [2.05, 4.69) is 5.32 Å². The Balaban J connectivity index is 1.73. The summed E-state index contributed by atoms with van der Waals surface area (Å²) in [5.41, 5.74) is -0.0377. The first-order chi connectivity index (χ1) is 11.1. The fourth-order valence-corrected chi connectivity index (χ4v) is 2.53. The minimum Gasteiger partial charge on any atom is -0.381 e. The van der Waals surface area contributed by atoms with Crippen molar-refractivity contribution in [3.8, 4) is 0 Å². The SMILES string of the molecule is O=C(NC1=CCC(O)(c2ccccc2F)C=C1)c1ccccc1. The molecular weight excluding hydrogens is 293 g/mol. The Hall–Kier alpha value is -2.72. The molecule has 116 valence electrons. The van der Waals surface area contributed by atoms with E-state index in [1.807, 2.05) is 6.07 Å². The molecule has 2 N–H and O–H groups in total. The van der Waals surface area contributed by atoms with Gasteiger partial charge in [-0.1, -0.05) is 42.5 Å². The summed E-state index contributed by atoms with van der Waals surface area (Å²) in [6, 6.07) is 15.0. The Bertz CT molecular complexity index is 783. The fourth-order valence-electron chi connectivity index (χ4n) is 2.53. The molecule has 0 bridgehead atoms. The van der Waals surface area contributed by atoms with Gasteiger partial charge in [0.05, 0.1) is 0 Å². The van der Waals surface area contributed by atoms with E-state index in [0.29, 0.717) is 11.3 Å². The highest BCUT2D eigenvalue weighted by atomic mass is 19.1. The van der Waals surface area contributed by atoms with Crippen LogP contribution >= 0.6 is 0 Å². The number of rotatable bonds is 3. The standard InChI is InChI=1S/C19H16FNO2/c20-17-9-5-4-8-16(17)19(23)12-10-15(11-13-19)21-18(22)14-6-2-1-3-7-14/h1-12,23H,13H2,(H,21,22). The van der Waals surface area contributed by atoms with Crippen LogP contribution in [0.15, 0.2) is 78.5 Å². The number of carbonyl (C=O) groups excluding carboxylic acids is 1. The second-order valence-electron chi connectivity index (χ2n) is 5.42. The number of hydrogen-bond donors (Lipinski definition) is 2. The summed E-state index contributed by atoms with van der Waals surface area (Å²) in [5, 5.41) is 13.4. The molecule has 2 aromatic carbocycles. The third-order valence-corrected chi connectivity index (χ3v) is 3.81. The highest BCUT2D eigenvalue weighted by Crippen LogP contribution is 2.32. The molecular formula is C19H16FNO2. The molecule has 1 amide bonds. The van der Waals surface area contributed by atoms with Crippen LogP contribution in [0.1, 0.15) is 22.3 Å². The molecule has 3 rings (SSSR count). The topological polar surface area (TPSA) is 49.3 Å². The molecule has 23 heavy (non-hydrogen) atoms. The lowest BCUT2D eigenvalue weighted by Gasteiger charge is -2.27. The van der Waals surface area contributed by atoms with Crippen molar-refractivity contribution in [1.29, 1.82) is 0 Å². The van der Waals surface area contributed by atoms with Crippen molar-refractivity contribution in [2.24, 2.45) is 0 Å². The third kappa shape index (κ3) is 3.22. The molecule has 2 aromatic rings. The van der Waals surface area contributed by atoms with Crippen molar-refractivity contribution in [1.82, 2.24) is 5.32 Å². The second kappa shape index (κ2) is 6.18. The van der Waals surface area contributed by atoms with Gasteiger partial charge in [0.25, 0.3) is 5.91 Å². The van der Waals surface area contributed by atoms with Crippen LogP contribution in [0.3, 0.4) is 0 Å². The predicted molar refractivity (Wildman–Crippen MR) is 86.0 cm³/mol. The molecule has 1 unspecified atom stereocenters. The second-order valence-corrected chi connectivity index (χ2v) is 5.42. The largest absolute Gasteiger partial charge is 0.381 e. The molecule has 0 heterocycles. The number of allylic oxidation sites excluding steroid dienone is 1. The van der Waals surface area contributed by atoms with E-state index in [1.54, 1.807) is 54.6 Å². The first-order valence-corrected chi connectivity index (χ1v) is 7.32. The van der Waals surface area contributed by atoms with Crippen LogP contribution in [-0.4, -0.2) is 11.0 Å². The van der Waals surface area contributed by atoms with E-state index in [0.717, 1.165) is 0 Å². The molecule has 0 aliphatic heterocycles. The third-order valence-electron chi connectivity index (χ3n) is 3.81. The van der Waals surface area contributed by atoms with Gasteiger partial charge in [0.1, 0.15) is 11.4 Å². The molecule has 0 radical (unpaired) electrons. The number of halogens is 1. The van der Waals surface area contributed by atoms with E-state index < -0.39 is 11.4 Å². The summed E-state index contributed by atoms with van der Waals surface area (Å²) < 4.78 is 13.9. The maximum absolute atomic E-state index is 13.9. The number of nitrogens with one attached hydrogen (secondary N) is 1. The number of benzene rings is 2. The first kappa shape index (κ1) is 15.2. The molecule has 0 saturated heterocycles. The van der Waals surface area contributed by atoms with Gasteiger partial charge in [0, 0.05) is 23.2 Å². The molecule has 1 aliphatic carbocycles. The number of amides is 1. The molecule has 0 aromatic heterocycles. The van der Waals surface area contributed by atoms with E-state index in [4.69, 9.17) is 0 Å². The van der Waals surface area contributed by atoms with Crippen LogP contribution in [0.5, 0.6) is 0 Å². The zero-order chi connectivity index (χ0) is 16.3. The number of hydrogen-bond acceptors (Lipinski definition) is 2. The monoisotopic (exact) mass is 309 g/mol. The summed E-state index contributed by atoms with van der Waals surface area (Å²) in [5.74, 6) is -0.678. The van der Waals surface area contributed by atoms with Crippen molar-refractivity contribution in [2.45, 2.75) is 12.0 Å². The Morgan fingerprint density at radius 3 is 2.43 bits per heavy atom. The van der Waals surface area contributed by atoms with Gasteiger partial charge in [-0.25, -0.2) is 4.39 Å². The van der Waals surface area contributed by atoms with Gasteiger partial charge >= 0.3 is 0 Å². The van der Waals surface area contributed by atoms with E-state index in [9.17, 15) is 14.3 Å². The van der Waals surface area contributed by atoms with Crippen molar-refractivity contribution in [3.63, 3.8) is 0 Å². The smallest absolute Gasteiger partial charge is 0.255 e. The van der Waals surface area contributed by atoms with Gasteiger partial charge in [-0.2, -0.15) is 0 Å². The highest BCUT2D eigenvalue weighted by molar-refractivity contribution is 5.95. The normalized spacial score (nSPS) is 20.0. The van der Waals surface area contributed by atoms with Crippen LogP contribution in [0.4, 0.5) is 4.39 Å². The fraction of sp³-hybridized carbons (Fsp3) is 0.105. The molecule has 0 spiro atoms. The molecule has 4 heteroatoms. The van der Waals surface area contributed by atoms with Gasteiger partial charge in [-0.3, -0.25) is 4.79 Å². The van der Waals surface area contributed by atoms with Gasteiger partial charge in [0.2, 0.25) is 0 Å². The van der Waals surface area contributed by atoms with Crippen LogP contribution in [0.25, 0.3) is 0 Å². The Morgan fingerprint density at radius 1 is 1.09 bits per heavy atom. The minimum atomic E-state index is -1.40. The molecule has 1 atom stereocenters. The number of carbonyl (C=O) groups is 1. The Kier molecular flexibility index (Phi) is 4.08. The average Bonchev–Trinajstić information content (AvgIpc) is 2.58. The maximum Gasteiger partial charge on any atom is 0.255 e.